The van der Waals surface area contributed by atoms with Crippen molar-refractivity contribution in [1.82, 2.24) is 15.5 Å². The highest BCUT2D eigenvalue weighted by molar-refractivity contribution is 5.81. The molecule has 23 heavy (non-hydrogen) atoms. The van der Waals surface area contributed by atoms with E-state index >= 15 is 0 Å². The van der Waals surface area contributed by atoms with Crippen LogP contribution in [-0.4, -0.2) is 50.0 Å². The van der Waals surface area contributed by atoms with Gasteiger partial charge in [-0.1, -0.05) is 25.3 Å². The smallest absolute Gasteiger partial charge is 0.221 e. The van der Waals surface area contributed by atoms with Gasteiger partial charge in [0.2, 0.25) is 5.91 Å². The highest BCUT2D eigenvalue weighted by atomic mass is 16.1. The first-order chi connectivity index (χ1) is 11.2. The molecule has 0 atom stereocenters. The van der Waals surface area contributed by atoms with Crippen molar-refractivity contribution >= 4 is 11.9 Å². The van der Waals surface area contributed by atoms with Crippen LogP contribution < -0.4 is 10.6 Å². The maximum Gasteiger partial charge on any atom is 0.221 e. The number of guanidine groups is 1. The summed E-state index contributed by atoms with van der Waals surface area (Å²) in [6, 6.07) is 0.403. The van der Waals surface area contributed by atoms with Crippen LogP contribution in [0, 0.1) is 0 Å². The summed E-state index contributed by atoms with van der Waals surface area (Å²) in [5.74, 6) is 1.01. The third kappa shape index (κ3) is 8.62. The molecule has 0 saturated heterocycles. The van der Waals surface area contributed by atoms with Gasteiger partial charge in [-0.3, -0.25) is 9.79 Å². The summed E-state index contributed by atoms with van der Waals surface area (Å²) in [7, 11) is 3.83. The van der Waals surface area contributed by atoms with Crippen molar-refractivity contribution in [2.24, 2.45) is 4.99 Å². The van der Waals surface area contributed by atoms with Crippen molar-refractivity contribution in [2.45, 2.75) is 63.8 Å². The molecule has 0 radical (unpaired) electrons. The van der Waals surface area contributed by atoms with Crippen molar-refractivity contribution in [3.63, 3.8) is 0 Å². The Kier molecular flexibility index (Phi) is 10.2. The normalized spacial score (nSPS) is 15.5. The van der Waals surface area contributed by atoms with Gasteiger partial charge in [-0.2, -0.15) is 0 Å². The molecule has 0 aromatic heterocycles. The first-order valence-electron chi connectivity index (χ1n) is 8.99. The number of nitrogens with zero attached hydrogens (tertiary/aromatic N) is 2. The molecule has 0 aromatic carbocycles. The van der Waals surface area contributed by atoms with Crippen LogP contribution in [0.2, 0.25) is 0 Å². The number of nitrogens with one attached hydrogen (secondary N) is 2. The molecular formula is C18H34N4O. The van der Waals surface area contributed by atoms with Crippen molar-refractivity contribution in [1.29, 1.82) is 0 Å². The molecule has 1 rings (SSSR count). The van der Waals surface area contributed by atoms with Gasteiger partial charge in [0.1, 0.15) is 0 Å². The number of amides is 1. The summed E-state index contributed by atoms with van der Waals surface area (Å²) in [6.45, 7) is 5.35. The second kappa shape index (κ2) is 12.0. The lowest BCUT2D eigenvalue weighted by atomic mass is 10.2. The topological polar surface area (TPSA) is 56.7 Å². The van der Waals surface area contributed by atoms with Crippen molar-refractivity contribution in [3.8, 4) is 0 Å². The summed E-state index contributed by atoms with van der Waals surface area (Å²) in [5.41, 5.74) is 0. The summed E-state index contributed by atoms with van der Waals surface area (Å²) >= 11 is 0. The Balaban J connectivity index is 2.14. The Labute approximate surface area is 141 Å². The molecule has 1 fully saturated rings. The number of rotatable bonds is 10. The quantitative estimate of drug-likeness (QED) is 0.281. The average Bonchev–Trinajstić information content (AvgIpc) is 3.04. The molecule has 0 aromatic rings. The molecule has 5 nitrogen and oxygen atoms in total. The van der Waals surface area contributed by atoms with E-state index < -0.39 is 0 Å². The lowest BCUT2D eigenvalue weighted by molar-refractivity contribution is -0.121. The lowest BCUT2D eigenvalue weighted by Crippen LogP contribution is -2.41. The van der Waals surface area contributed by atoms with Crippen LogP contribution in [0.1, 0.15) is 57.8 Å². The Hall–Kier alpha value is -1.52. The number of carbonyl (C=O) groups is 1. The Morgan fingerprint density at radius 3 is 2.70 bits per heavy atom. The summed E-state index contributed by atoms with van der Waals surface area (Å²) in [6.07, 6.45) is 11.9. The van der Waals surface area contributed by atoms with E-state index in [2.05, 4.69) is 27.1 Å². The first kappa shape index (κ1) is 19.5. The fraction of sp³-hybridized carbons (Fsp3) is 0.778. The fourth-order valence-corrected chi connectivity index (χ4v) is 2.96. The molecule has 0 aliphatic heterocycles. The van der Waals surface area contributed by atoms with E-state index in [0.29, 0.717) is 19.0 Å². The summed E-state index contributed by atoms with van der Waals surface area (Å²) in [4.78, 5) is 18.3. The molecule has 0 spiro atoms. The predicted octanol–water partition coefficient (Wildman–Crippen LogP) is 2.69. The van der Waals surface area contributed by atoms with Crippen LogP contribution in [0.25, 0.3) is 0 Å². The standard InChI is InChI=1S/C18H34N4O/c1-4-5-6-7-10-15-22(3)18(19-2)20-14-13-17(23)21-16-11-8-9-12-16/h4,16H,1,5-15H2,2-3H3,(H,19,20)(H,21,23). The molecule has 5 heteroatoms. The number of allylic oxidation sites excluding steroid dienone is 1. The van der Waals surface area contributed by atoms with E-state index in [4.69, 9.17) is 0 Å². The highest BCUT2D eigenvalue weighted by Gasteiger charge is 2.16. The van der Waals surface area contributed by atoms with E-state index in [1.54, 1.807) is 7.05 Å². The summed E-state index contributed by atoms with van der Waals surface area (Å²) < 4.78 is 0. The van der Waals surface area contributed by atoms with Gasteiger partial charge in [-0.05, 0) is 32.1 Å². The summed E-state index contributed by atoms with van der Waals surface area (Å²) in [5, 5.41) is 6.39. The van der Waals surface area contributed by atoms with Gasteiger partial charge in [0, 0.05) is 39.6 Å². The van der Waals surface area contributed by atoms with Gasteiger partial charge in [-0.15, -0.1) is 6.58 Å². The maximum absolute atomic E-state index is 11.9. The van der Waals surface area contributed by atoms with Crippen LogP contribution >= 0.6 is 0 Å². The van der Waals surface area contributed by atoms with E-state index in [1.807, 2.05) is 13.1 Å². The van der Waals surface area contributed by atoms with E-state index in [0.717, 1.165) is 38.2 Å². The molecule has 1 amide bonds. The van der Waals surface area contributed by atoms with E-state index in [-0.39, 0.29) is 5.91 Å². The largest absolute Gasteiger partial charge is 0.356 e. The lowest BCUT2D eigenvalue weighted by Gasteiger charge is -2.22. The minimum Gasteiger partial charge on any atom is -0.356 e. The van der Waals surface area contributed by atoms with Crippen molar-refractivity contribution < 1.29 is 4.79 Å². The number of hydrogen-bond acceptors (Lipinski definition) is 2. The predicted molar refractivity (Wildman–Crippen MR) is 97.7 cm³/mol. The Morgan fingerprint density at radius 2 is 2.04 bits per heavy atom. The number of carbonyl (C=O) groups excluding carboxylic acids is 1. The molecule has 0 unspecified atom stereocenters. The third-order valence-electron chi connectivity index (χ3n) is 4.33. The maximum atomic E-state index is 11.9. The molecule has 1 aliphatic rings. The van der Waals surface area contributed by atoms with Gasteiger partial charge in [0.25, 0.3) is 0 Å². The fourth-order valence-electron chi connectivity index (χ4n) is 2.96. The van der Waals surface area contributed by atoms with E-state index in [1.165, 1.54) is 25.7 Å². The number of aliphatic imine (C=N–C) groups is 1. The van der Waals surface area contributed by atoms with Crippen LogP contribution in [0.15, 0.2) is 17.6 Å². The SMILES string of the molecule is C=CCCCCCN(C)C(=NC)NCCC(=O)NC1CCCC1. The average molecular weight is 322 g/mol. The minimum atomic E-state index is 0.145. The highest BCUT2D eigenvalue weighted by Crippen LogP contribution is 2.17. The molecule has 1 saturated carbocycles. The zero-order valence-corrected chi connectivity index (χ0v) is 14.9. The second-order valence-corrected chi connectivity index (χ2v) is 6.33. The van der Waals surface area contributed by atoms with Crippen LogP contribution in [0.5, 0.6) is 0 Å². The first-order valence-corrected chi connectivity index (χ1v) is 8.99. The zero-order valence-electron chi connectivity index (χ0n) is 14.9. The number of hydrogen-bond donors (Lipinski definition) is 2. The van der Waals surface area contributed by atoms with Crippen molar-refractivity contribution in [3.05, 3.63) is 12.7 Å². The van der Waals surface area contributed by atoms with Gasteiger partial charge < -0.3 is 15.5 Å². The monoisotopic (exact) mass is 322 g/mol. The molecule has 132 valence electrons. The third-order valence-corrected chi connectivity index (χ3v) is 4.33. The van der Waals surface area contributed by atoms with Gasteiger partial charge in [-0.25, -0.2) is 0 Å². The van der Waals surface area contributed by atoms with Crippen LogP contribution in [-0.2, 0) is 4.79 Å². The zero-order chi connectivity index (χ0) is 16.9. The Morgan fingerprint density at radius 1 is 1.30 bits per heavy atom. The van der Waals surface area contributed by atoms with Crippen LogP contribution in [0.4, 0.5) is 0 Å². The minimum absolute atomic E-state index is 0.145. The molecule has 2 N–H and O–H groups in total. The second-order valence-electron chi connectivity index (χ2n) is 6.33. The van der Waals surface area contributed by atoms with Crippen molar-refractivity contribution in [2.75, 3.05) is 27.2 Å². The van der Waals surface area contributed by atoms with Crippen LogP contribution in [0.3, 0.4) is 0 Å². The molecule has 0 heterocycles. The number of unbranched alkanes of at least 4 members (excludes halogenated alkanes) is 3. The molecule has 0 bridgehead atoms. The van der Waals surface area contributed by atoms with Gasteiger partial charge in [0.05, 0.1) is 0 Å². The Bertz CT molecular complexity index is 375. The van der Waals surface area contributed by atoms with Gasteiger partial charge in [0.15, 0.2) is 5.96 Å². The molecular weight excluding hydrogens is 288 g/mol. The van der Waals surface area contributed by atoms with Gasteiger partial charge >= 0.3 is 0 Å². The molecule has 1 aliphatic carbocycles. The van der Waals surface area contributed by atoms with E-state index in [9.17, 15) is 4.79 Å².